The molecule has 0 aliphatic carbocycles. The molecule has 0 bridgehead atoms. The van der Waals surface area contributed by atoms with Crippen molar-refractivity contribution in [2.24, 2.45) is 0 Å². The molecule has 0 fully saturated rings. The van der Waals surface area contributed by atoms with Crippen LogP contribution in [0.15, 0.2) is 11.6 Å². The van der Waals surface area contributed by atoms with Gasteiger partial charge in [0.2, 0.25) is 0 Å². The quantitative estimate of drug-likeness (QED) is 0.246. The van der Waals surface area contributed by atoms with E-state index in [1.165, 1.54) is 13.8 Å². The third-order valence-electron chi connectivity index (χ3n) is 3.58. The van der Waals surface area contributed by atoms with Gasteiger partial charge in [-0.1, -0.05) is 13.0 Å². The van der Waals surface area contributed by atoms with Crippen molar-refractivity contribution >= 4 is 5.97 Å². The number of carbonyl (C=O) groups excluding carboxylic acids is 1. The van der Waals surface area contributed by atoms with Gasteiger partial charge in [0.05, 0.1) is 13.0 Å². The number of halogens is 12. The van der Waals surface area contributed by atoms with Crippen LogP contribution < -0.4 is 0 Å². The Morgan fingerprint density at radius 3 is 1.71 bits per heavy atom. The topological polar surface area (TPSA) is 26.3 Å². The zero-order valence-corrected chi connectivity index (χ0v) is 14.1. The zero-order chi connectivity index (χ0) is 22.8. The smallest absolute Gasteiger partial charge is 0.384 e. The highest BCUT2D eigenvalue weighted by atomic mass is 19.4. The summed E-state index contributed by atoms with van der Waals surface area (Å²) in [4.78, 5) is 11.3. The fourth-order valence-corrected chi connectivity index (χ4v) is 1.76. The molecule has 28 heavy (non-hydrogen) atoms. The number of esters is 1. The van der Waals surface area contributed by atoms with Crippen LogP contribution in [-0.4, -0.2) is 48.6 Å². The van der Waals surface area contributed by atoms with Gasteiger partial charge in [-0.3, -0.25) is 0 Å². The van der Waals surface area contributed by atoms with Crippen molar-refractivity contribution in [1.82, 2.24) is 0 Å². The van der Waals surface area contributed by atoms with Crippen molar-refractivity contribution in [3.63, 3.8) is 0 Å². The number of carbonyl (C=O) groups is 1. The Hall–Kier alpha value is -1.63. The lowest BCUT2D eigenvalue weighted by atomic mass is 9.93. The molecule has 0 aliphatic heterocycles. The number of allylic oxidation sites excluding steroid dienone is 1. The van der Waals surface area contributed by atoms with Crippen LogP contribution in [0.4, 0.5) is 52.7 Å². The summed E-state index contributed by atoms with van der Waals surface area (Å²) in [6.45, 7) is 1.05. The summed E-state index contributed by atoms with van der Waals surface area (Å²) < 4.78 is 159. The van der Waals surface area contributed by atoms with Crippen molar-refractivity contribution in [3.05, 3.63) is 11.6 Å². The Labute approximate surface area is 150 Å². The second kappa shape index (κ2) is 8.39. The number of hydrogen-bond donors (Lipinski definition) is 0. The maximum absolute atomic E-state index is 13.4. The molecule has 0 rings (SSSR count). The van der Waals surface area contributed by atoms with Crippen LogP contribution in [0.1, 0.15) is 26.7 Å². The predicted molar refractivity (Wildman–Crippen MR) is 70.4 cm³/mol. The summed E-state index contributed by atoms with van der Waals surface area (Å²) in [7, 11) is 0. The van der Waals surface area contributed by atoms with Crippen molar-refractivity contribution in [2.45, 2.75) is 62.7 Å². The second-order valence-corrected chi connectivity index (χ2v) is 5.40. The molecule has 0 spiro atoms. The van der Waals surface area contributed by atoms with Gasteiger partial charge < -0.3 is 4.74 Å². The lowest BCUT2D eigenvalue weighted by molar-refractivity contribution is -0.413. The first kappa shape index (κ1) is 26.4. The lowest BCUT2D eigenvalue weighted by Crippen LogP contribution is -2.68. The highest BCUT2D eigenvalue weighted by Gasteiger charge is 2.87. The van der Waals surface area contributed by atoms with Gasteiger partial charge in [-0.2, -0.15) is 43.9 Å². The summed E-state index contributed by atoms with van der Waals surface area (Å²) in [5.74, 6) is -36.8. The first-order chi connectivity index (χ1) is 12.3. The molecule has 14 heteroatoms. The van der Waals surface area contributed by atoms with Gasteiger partial charge in [-0.15, -0.1) is 0 Å². The minimum atomic E-state index is -7.58. The maximum atomic E-state index is 13.4. The number of ether oxygens (including phenoxy) is 1. The Kier molecular flexibility index (Phi) is 7.90. The van der Waals surface area contributed by atoms with Crippen molar-refractivity contribution < 1.29 is 62.2 Å². The number of hydrogen-bond acceptors (Lipinski definition) is 2. The molecule has 0 aliphatic rings. The molecule has 0 radical (unpaired) electrons. The third-order valence-corrected chi connectivity index (χ3v) is 3.58. The average Bonchev–Trinajstić information content (AvgIpc) is 2.54. The van der Waals surface area contributed by atoms with E-state index >= 15 is 0 Å². The second-order valence-electron chi connectivity index (χ2n) is 5.40. The van der Waals surface area contributed by atoms with E-state index in [2.05, 4.69) is 4.74 Å². The minimum Gasteiger partial charge on any atom is -0.462 e. The van der Waals surface area contributed by atoms with Crippen LogP contribution in [0.2, 0.25) is 0 Å². The van der Waals surface area contributed by atoms with E-state index < -0.39 is 55.0 Å². The molecule has 0 heterocycles. The molecule has 0 aromatic carbocycles. The first-order valence-electron chi connectivity index (χ1n) is 7.34. The van der Waals surface area contributed by atoms with Gasteiger partial charge >= 0.3 is 42.0 Å². The van der Waals surface area contributed by atoms with Crippen LogP contribution in [0.5, 0.6) is 0 Å². The molecule has 166 valence electrons. The summed E-state index contributed by atoms with van der Waals surface area (Å²) in [5, 5.41) is 0. The fourth-order valence-electron chi connectivity index (χ4n) is 1.76. The summed E-state index contributed by atoms with van der Waals surface area (Å²) >= 11 is 0. The molecular weight excluding hydrogens is 428 g/mol. The lowest BCUT2D eigenvalue weighted by Gasteiger charge is -2.39. The fraction of sp³-hybridized carbons (Fsp3) is 0.786. The Bertz CT molecular complexity index is 583. The number of alkyl halides is 12. The molecule has 0 saturated heterocycles. The molecule has 0 atom stereocenters. The van der Waals surface area contributed by atoms with Crippen molar-refractivity contribution in [1.29, 1.82) is 0 Å². The van der Waals surface area contributed by atoms with Crippen molar-refractivity contribution in [3.8, 4) is 0 Å². The van der Waals surface area contributed by atoms with Crippen LogP contribution >= 0.6 is 0 Å². The van der Waals surface area contributed by atoms with Gasteiger partial charge in [0, 0.05) is 5.57 Å². The SMILES string of the molecule is CC=C(CC)C(=O)OCCC(F)(F)C(F)(F)C(F)(F)C(F)(F)C(F)(F)C(F)F. The number of rotatable bonds is 10. The molecule has 0 aromatic heterocycles. The zero-order valence-electron chi connectivity index (χ0n) is 14.1. The summed E-state index contributed by atoms with van der Waals surface area (Å²) in [5.41, 5.74) is -0.122. The van der Waals surface area contributed by atoms with Gasteiger partial charge in [0.1, 0.15) is 0 Å². The van der Waals surface area contributed by atoms with Gasteiger partial charge in [0.25, 0.3) is 0 Å². The van der Waals surface area contributed by atoms with E-state index in [4.69, 9.17) is 0 Å². The molecule has 0 amide bonds. The van der Waals surface area contributed by atoms with Gasteiger partial charge in [-0.25, -0.2) is 13.6 Å². The Balaban J connectivity index is 5.61. The van der Waals surface area contributed by atoms with Gasteiger partial charge in [-0.05, 0) is 13.3 Å². The molecular formula is C14H14F12O2. The molecule has 0 unspecified atom stereocenters. The molecule has 0 N–H and O–H groups in total. The highest BCUT2D eigenvalue weighted by Crippen LogP contribution is 2.58. The third kappa shape index (κ3) is 4.34. The highest BCUT2D eigenvalue weighted by molar-refractivity contribution is 5.88. The maximum Gasteiger partial charge on any atom is 0.384 e. The minimum absolute atomic E-state index is 0.00882. The first-order valence-corrected chi connectivity index (χ1v) is 7.34. The van der Waals surface area contributed by atoms with E-state index in [1.54, 1.807) is 0 Å². The molecule has 2 nitrogen and oxygen atoms in total. The monoisotopic (exact) mass is 442 g/mol. The van der Waals surface area contributed by atoms with E-state index in [9.17, 15) is 57.5 Å². The summed E-state index contributed by atoms with van der Waals surface area (Å²) in [6.07, 6.45) is -6.87. The Morgan fingerprint density at radius 2 is 1.36 bits per heavy atom. The van der Waals surface area contributed by atoms with Gasteiger partial charge in [0.15, 0.2) is 0 Å². The Morgan fingerprint density at radius 1 is 0.893 bits per heavy atom. The van der Waals surface area contributed by atoms with Crippen LogP contribution in [0.25, 0.3) is 0 Å². The van der Waals surface area contributed by atoms with Crippen LogP contribution in [-0.2, 0) is 9.53 Å². The molecule has 0 aromatic rings. The van der Waals surface area contributed by atoms with E-state index in [0.717, 1.165) is 6.08 Å². The van der Waals surface area contributed by atoms with E-state index in [0.29, 0.717) is 0 Å². The largest absolute Gasteiger partial charge is 0.462 e. The molecule has 0 saturated carbocycles. The predicted octanol–water partition coefficient (Wildman–Crippen LogP) is 5.72. The normalized spacial score (nSPS) is 15.2. The van der Waals surface area contributed by atoms with Crippen molar-refractivity contribution in [2.75, 3.05) is 6.61 Å². The van der Waals surface area contributed by atoms with Crippen LogP contribution in [0, 0.1) is 0 Å². The standard InChI is InChI=1S/C14H14F12O2/c1-3-7(4-2)8(27)28-6-5-10(17,18)12(21,22)14(25,26)13(23,24)11(19,20)9(15)16/h3,9H,4-6H2,1-2H3. The average molecular weight is 442 g/mol. The summed E-state index contributed by atoms with van der Waals surface area (Å²) in [6, 6.07) is 0. The van der Waals surface area contributed by atoms with Crippen LogP contribution in [0.3, 0.4) is 0 Å². The van der Waals surface area contributed by atoms with E-state index in [1.807, 2.05) is 0 Å². The van der Waals surface area contributed by atoms with E-state index in [-0.39, 0.29) is 12.0 Å².